The van der Waals surface area contributed by atoms with Gasteiger partial charge in [0.25, 0.3) is 5.91 Å². The molecule has 11 heteroatoms. The van der Waals surface area contributed by atoms with Crippen LogP contribution in [0.1, 0.15) is 48.4 Å². The largest absolute Gasteiger partial charge is 0.508 e. The second-order valence-electron chi connectivity index (χ2n) is 10.5. The number of phenolic OH excluding ortho intramolecular Hbond substituents is 1. The molecular formula is C27H32F2N2O7. The van der Waals surface area contributed by atoms with E-state index in [4.69, 9.17) is 5.73 Å². The van der Waals surface area contributed by atoms with E-state index in [1.807, 2.05) is 6.92 Å². The van der Waals surface area contributed by atoms with Crippen molar-refractivity contribution in [2.24, 2.45) is 17.6 Å². The van der Waals surface area contributed by atoms with Gasteiger partial charge in [-0.3, -0.25) is 19.3 Å². The molecule has 1 aromatic rings. The fourth-order valence-electron chi connectivity index (χ4n) is 6.40. The van der Waals surface area contributed by atoms with Crippen molar-refractivity contribution < 1.29 is 43.6 Å². The first-order chi connectivity index (χ1) is 17.8. The number of likely N-dealkylation sites (N-methyl/N-ethyl adjacent to an activating group) is 1. The molecule has 0 unspecified atom stereocenters. The number of aliphatic hydroxyl groups is 3. The van der Waals surface area contributed by atoms with Gasteiger partial charge < -0.3 is 26.2 Å². The quantitative estimate of drug-likeness (QED) is 0.332. The molecule has 206 valence electrons. The Labute approximate surface area is 218 Å². The lowest BCUT2D eigenvalue weighted by atomic mass is 9.57. The predicted molar refractivity (Wildman–Crippen MR) is 133 cm³/mol. The third-order valence-electron chi connectivity index (χ3n) is 8.14. The third-order valence-corrected chi connectivity index (χ3v) is 8.14. The van der Waals surface area contributed by atoms with Crippen LogP contribution in [0, 0.1) is 11.8 Å². The van der Waals surface area contributed by atoms with E-state index in [9.17, 15) is 43.6 Å². The Hall–Kier alpha value is -3.31. The summed E-state index contributed by atoms with van der Waals surface area (Å²) in [5, 5.41) is 45.0. The first-order valence-electron chi connectivity index (χ1n) is 12.6. The number of carbonyl (C=O) groups is 3. The zero-order valence-electron chi connectivity index (χ0n) is 21.4. The first-order valence-corrected chi connectivity index (χ1v) is 12.6. The number of halogens is 2. The van der Waals surface area contributed by atoms with Crippen LogP contribution in [0.2, 0.25) is 0 Å². The highest BCUT2D eigenvalue weighted by Gasteiger charge is 2.64. The van der Waals surface area contributed by atoms with Gasteiger partial charge in [-0.25, -0.2) is 8.78 Å². The normalized spacial score (nSPS) is 27.1. The van der Waals surface area contributed by atoms with E-state index < -0.39 is 64.5 Å². The number of rotatable bonds is 7. The summed E-state index contributed by atoms with van der Waals surface area (Å²) < 4.78 is 25.4. The topological polar surface area (TPSA) is 161 Å². The van der Waals surface area contributed by atoms with Crippen LogP contribution < -0.4 is 5.73 Å². The zero-order chi connectivity index (χ0) is 28.3. The van der Waals surface area contributed by atoms with Gasteiger partial charge in [0.1, 0.15) is 22.8 Å². The maximum atomic E-state index is 13.9. The Balaban J connectivity index is 1.91. The number of Topliss-reactive ketones (excluding diaryl/α,β-unsaturated/α-hetero) is 2. The molecule has 0 aromatic heterocycles. The number of phenols is 1. The summed E-state index contributed by atoms with van der Waals surface area (Å²) in [5.74, 6) is -7.06. The van der Waals surface area contributed by atoms with E-state index >= 15 is 0 Å². The van der Waals surface area contributed by atoms with E-state index in [-0.39, 0.29) is 49.0 Å². The molecule has 0 aliphatic heterocycles. The van der Waals surface area contributed by atoms with E-state index in [2.05, 4.69) is 0 Å². The van der Waals surface area contributed by atoms with Gasteiger partial charge in [-0.1, -0.05) is 13.0 Å². The van der Waals surface area contributed by atoms with Crippen LogP contribution in [0.3, 0.4) is 0 Å². The number of nitrogens with two attached hydrogens (primary N) is 1. The molecule has 1 saturated carbocycles. The van der Waals surface area contributed by atoms with Gasteiger partial charge in [0.2, 0.25) is 12.2 Å². The van der Waals surface area contributed by atoms with Crippen LogP contribution in [-0.2, 0) is 33.6 Å². The molecule has 4 rings (SSSR count). The lowest BCUT2D eigenvalue weighted by Crippen LogP contribution is -2.65. The Kier molecular flexibility index (Phi) is 7.13. The number of aromatic hydroxyl groups is 1. The SMILES string of the molecule is CCc1cc(CCCC(F)F)c(O)c2c1C[C@H]1C[C@H]3[C@H](N(C)C)C(=O)C(C(N)=O)=C(O)[C@@]3(O)C(=O)C1=C2O. The van der Waals surface area contributed by atoms with Crippen molar-refractivity contribution in [3.63, 3.8) is 0 Å². The molecule has 0 saturated heterocycles. The second kappa shape index (κ2) is 9.77. The number of hydrogen-bond acceptors (Lipinski definition) is 8. The summed E-state index contributed by atoms with van der Waals surface area (Å²) in [7, 11) is 3.08. The van der Waals surface area contributed by atoms with Gasteiger partial charge in [0.15, 0.2) is 11.4 Å². The smallest absolute Gasteiger partial charge is 0.255 e. The number of alkyl halides is 2. The lowest BCUT2D eigenvalue weighted by Gasteiger charge is -2.50. The second-order valence-corrected chi connectivity index (χ2v) is 10.5. The molecule has 0 bridgehead atoms. The van der Waals surface area contributed by atoms with Crippen molar-refractivity contribution in [1.29, 1.82) is 0 Å². The highest BCUT2D eigenvalue weighted by atomic mass is 19.3. The Morgan fingerprint density at radius 2 is 1.87 bits per heavy atom. The van der Waals surface area contributed by atoms with Crippen LogP contribution >= 0.6 is 0 Å². The number of benzene rings is 1. The number of aliphatic hydroxyl groups excluding tert-OH is 2. The highest BCUT2D eigenvalue weighted by molar-refractivity contribution is 6.24. The predicted octanol–water partition coefficient (Wildman–Crippen LogP) is 2.11. The van der Waals surface area contributed by atoms with E-state index in [1.165, 1.54) is 19.0 Å². The summed E-state index contributed by atoms with van der Waals surface area (Å²) in [4.78, 5) is 40.5. The number of ketones is 2. The van der Waals surface area contributed by atoms with Crippen molar-refractivity contribution in [1.82, 2.24) is 4.90 Å². The van der Waals surface area contributed by atoms with Crippen LogP contribution in [-0.4, -0.2) is 75.0 Å². The average molecular weight is 535 g/mol. The number of amides is 1. The van der Waals surface area contributed by atoms with Crippen LogP contribution in [0.25, 0.3) is 5.76 Å². The van der Waals surface area contributed by atoms with Crippen molar-refractivity contribution in [2.75, 3.05) is 14.1 Å². The summed E-state index contributed by atoms with van der Waals surface area (Å²) in [6, 6.07) is 0.572. The fourth-order valence-corrected chi connectivity index (χ4v) is 6.40. The van der Waals surface area contributed by atoms with Gasteiger partial charge >= 0.3 is 0 Å². The summed E-state index contributed by atoms with van der Waals surface area (Å²) in [6.07, 6.45) is -1.92. The minimum Gasteiger partial charge on any atom is -0.508 e. The monoisotopic (exact) mass is 534 g/mol. The summed E-state index contributed by atoms with van der Waals surface area (Å²) in [5.41, 5.74) is 3.21. The molecule has 3 aliphatic rings. The van der Waals surface area contributed by atoms with Gasteiger partial charge in [-0.2, -0.15) is 0 Å². The summed E-state index contributed by atoms with van der Waals surface area (Å²) >= 11 is 0. The van der Waals surface area contributed by atoms with E-state index in [1.54, 1.807) is 6.07 Å². The van der Waals surface area contributed by atoms with E-state index in [0.29, 0.717) is 17.5 Å². The number of hydrogen-bond donors (Lipinski definition) is 5. The fraction of sp³-hybridized carbons (Fsp3) is 0.519. The number of carbonyl (C=O) groups excluding carboxylic acids is 3. The minimum absolute atomic E-state index is 0.00577. The molecule has 1 amide bonds. The Bertz CT molecular complexity index is 1290. The van der Waals surface area contributed by atoms with Crippen LogP contribution in [0.15, 0.2) is 23.0 Å². The van der Waals surface area contributed by atoms with Gasteiger partial charge in [-0.05, 0) is 68.8 Å². The molecule has 6 N–H and O–H groups in total. The minimum atomic E-state index is -2.71. The standard InChI is InChI=1S/C27H32F2N2O7/c1-4-11-8-12(6-5-7-16(28)29)21(32)18-14(11)9-13-10-15-20(31(2)3)23(34)19(26(30)37)25(36)27(15,38)24(35)17(13)22(18)33/h8,13,15-16,20,32-33,36,38H,4-7,9-10H2,1-3H3,(H2,30,37)/t13-,15-,20-,27-/m0/s1. The van der Waals surface area contributed by atoms with Gasteiger partial charge in [-0.15, -0.1) is 0 Å². The first kappa shape index (κ1) is 27.7. The highest BCUT2D eigenvalue weighted by Crippen LogP contribution is 2.53. The summed E-state index contributed by atoms with van der Waals surface area (Å²) in [6.45, 7) is 1.87. The van der Waals surface area contributed by atoms with Crippen molar-refractivity contribution in [3.05, 3.63) is 45.2 Å². The lowest BCUT2D eigenvalue weighted by molar-refractivity contribution is -0.153. The van der Waals surface area contributed by atoms with Crippen molar-refractivity contribution >= 4 is 23.2 Å². The maximum Gasteiger partial charge on any atom is 0.255 e. The molecule has 0 spiro atoms. The van der Waals surface area contributed by atoms with Gasteiger partial charge in [0.05, 0.1) is 11.6 Å². The average Bonchev–Trinajstić information content (AvgIpc) is 2.82. The maximum absolute atomic E-state index is 13.9. The Morgan fingerprint density at radius 1 is 1.21 bits per heavy atom. The van der Waals surface area contributed by atoms with Crippen molar-refractivity contribution in [2.45, 2.75) is 63.5 Å². The van der Waals surface area contributed by atoms with E-state index in [0.717, 1.165) is 5.56 Å². The molecule has 0 heterocycles. The van der Waals surface area contributed by atoms with Crippen LogP contribution in [0.4, 0.5) is 8.78 Å². The molecular weight excluding hydrogens is 502 g/mol. The number of fused-ring (bicyclic) bond motifs is 3. The third kappa shape index (κ3) is 3.99. The number of nitrogens with zero attached hydrogens (tertiary/aromatic N) is 1. The Morgan fingerprint density at radius 3 is 2.42 bits per heavy atom. The number of primary amides is 1. The van der Waals surface area contributed by atoms with Gasteiger partial charge in [0, 0.05) is 17.9 Å². The number of aryl methyl sites for hydroxylation is 2. The molecule has 38 heavy (non-hydrogen) atoms. The molecule has 3 aliphatic carbocycles. The van der Waals surface area contributed by atoms with Crippen molar-refractivity contribution in [3.8, 4) is 5.75 Å². The molecule has 1 fully saturated rings. The molecule has 1 aromatic carbocycles. The van der Waals surface area contributed by atoms with Crippen LogP contribution in [0.5, 0.6) is 5.75 Å². The molecule has 9 nitrogen and oxygen atoms in total. The molecule has 4 atom stereocenters. The zero-order valence-corrected chi connectivity index (χ0v) is 21.4. The molecule has 0 radical (unpaired) electrons.